The first-order valence-corrected chi connectivity index (χ1v) is 27.2. The first-order valence-electron chi connectivity index (χ1n) is 24.6. The molecule has 0 bridgehead atoms. The Labute approximate surface area is 378 Å². The molecule has 0 aliphatic carbocycles. The third-order valence-electron chi connectivity index (χ3n) is 11.1. The van der Waals surface area contributed by atoms with E-state index in [1.165, 1.54) is 159 Å². The molecule has 2 unspecified atom stereocenters. The van der Waals surface area contributed by atoms with Gasteiger partial charge in [0, 0.05) is 37.7 Å². The van der Waals surface area contributed by atoms with Crippen molar-refractivity contribution in [2.45, 2.75) is 225 Å². The van der Waals surface area contributed by atoms with Gasteiger partial charge >= 0.3 is 19.7 Å². The van der Waals surface area contributed by atoms with Crippen molar-refractivity contribution in [2.75, 3.05) is 38.1 Å². The lowest BCUT2D eigenvalue weighted by Gasteiger charge is -2.30. The lowest BCUT2D eigenvalue weighted by atomic mass is 10.0. The average Bonchev–Trinajstić information content (AvgIpc) is 3.24. The Morgan fingerprint density at radius 2 is 0.900 bits per heavy atom. The summed E-state index contributed by atoms with van der Waals surface area (Å²) < 4.78 is 39.1. The number of para-hydroxylation sites is 1. The molecule has 1 aromatic carbocycles. The number of rotatable bonds is 45. The normalized spacial score (nSPS) is 13.0. The van der Waals surface area contributed by atoms with E-state index in [2.05, 4.69) is 13.8 Å². The van der Waals surface area contributed by atoms with Crippen LogP contribution in [-0.2, 0) is 28.2 Å². The van der Waals surface area contributed by atoms with Crippen LogP contribution in [0.1, 0.15) is 219 Å². The minimum Gasteiger partial charge on any atom is -0.462 e. The van der Waals surface area contributed by atoms with E-state index in [0.717, 1.165) is 38.5 Å². The summed E-state index contributed by atoms with van der Waals surface area (Å²) in [5.41, 5.74) is 0. The molecule has 0 radical (unpaired) electrons. The molecular formula is C49H88Cl2NO7P. The number of esters is 2. The van der Waals surface area contributed by atoms with Gasteiger partial charge in [0.05, 0.1) is 6.61 Å². The summed E-state index contributed by atoms with van der Waals surface area (Å²) in [7, 11) is -4.00. The highest BCUT2D eigenvalue weighted by Gasteiger charge is 2.36. The van der Waals surface area contributed by atoms with Crippen molar-refractivity contribution in [3.8, 4) is 5.75 Å². The molecule has 350 valence electrons. The second-order valence-corrected chi connectivity index (χ2v) is 19.4. The molecule has 0 amide bonds. The molecule has 8 nitrogen and oxygen atoms in total. The van der Waals surface area contributed by atoms with E-state index in [-0.39, 0.29) is 50.5 Å². The number of hydrogen-bond donors (Lipinski definition) is 0. The standard InChI is InChI=1S/C49H88Cl2NO7P/c1-3-5-7-9-11-13-15-17-19-21-23-25-27-29-34-38-48(53)56-44-47(45-57-60(55,52(42-40-50)43-41-51)59-46-36-32-31-33-37-46)58-49(54)39-35-30-28-26-24-22-20-18-16-14-12-10-8-6-4-2/h31-33,36-37,47H,3-30,34-35,38-45H2,1-2H3. The Hall–Kier alpha value is -1.31. The van der Waals surface area contributed by atoms with Crippen LogP contribution in [0.2, 0.25) is 0 Å². The molecule has 0 aromatic heterocycles. The molecule has 0 saturated carbocycles. The van der Waals surface area contributed by atoms with Crippen LogP contribution in [0.25, 0.3) is 0 Å². The zero-order chi connectivity index (χ0) is 43.6. The minimum atomic E-state index is -4.00. The summed E-state index contributed by atoms with van der Waals surface area (Å²) >= 11 is 12.1. The zero-order valence-electron chi connectivity index (χ0n) is 38.3. The Morgan fingerprint density at radius 1 is 0.533 bits per heavy atom. The van der Waals surface area contributed by atoms with Crippen LogP contribution in [0.15, 0.2) is 30.3 Å². The number of carbonyl (C=O) groups excluding carboxylic acids is 2. The van der Waals surface area contributed by atoms with Crippen LogP contribution in [-0.4, -0.2) is 60.8 Å². The molecule has 2 atom stereocenters. The van der Waals surface area contributed by atoms with Gasteiger partial charge in [-0.05, 0) is 25.0 Å². The van der Waals surface area contributed by atoms with Crippen LogP contribution in [0.4, 0.5) is 0 Å². The van der Waals surface area contributed by atoms with Crippen molar-refractivity contribution < 1.29 is 32.7 Å². The molecule has 0 spiro atoms. The summed E-state index contributed by atoms with van der Waals surface area (Å²) in [5.74, 6) is -0.0307. The SMILES string of the molecule is CCCCCCCCCCCCCCCCCC(=O)OCC(COP(=O)(Oc1ccccc1)N(CCCl)CCCl)OC(=O)CCCCCCCCCCCCCCCCC. The van der Waals surface area contributed by atoms with Crippen molar-refractivity contribution in [1.82, 2.24) is 4.67 Å². The fourth-order valence-electron chi connectivity index (χ4n) is 7.41. The van der Waals surface area contributed by atoms with Gasteiger partial charge in [-0.1, -0.05) is 212 Å². The maximum atomic E-state index is 14.3. The van der Waals surface area contributed by atoms with Gasteiger partial charge in [0.15, 0.2) is 6.10 Å². The van der Waals surface area contributed by atoms with E-state index < -0.39 is 19.8 Å². The minimum absolute atomic E-state index is 0.178. The van der Waals surface area contributed by atoms with E-state index >= 15 is 0 Å². The van der Waals surface area contributed by atoms with E-state index in [9.17, 15) is 14.2 Å². The van der Waals surface area contributed by atoms with Gasteiger partial charge in [0.2, 0.25) is 0 Å². The molecule has 11 heteroatoms. The number of unbranched alkanes of at least 4 members (excludes halogenated alkanes) is 28. The Kier molecular flexibility index (Phi) is 39.4. The number of alkyl halides is 2. The number of benzene rings is 1. The summed E-state index contributed by atoms with van der Waals surface area (Å²) in [6.45, 7) is 4.45. The zero-order valence-corrected chi connectivity index (χ0v) is 40.7. The van der Waals surface area contributed by atoms with Gasteiger partial charge in [0.25, 0.3) is 0 Å². The Morgan fingerprint density at radius 3 is 1.28 bits per heavy atom. The molecule has 0 saturated heterocycles. The number of ether oxygens (including phenoxy) is 2. The largest absolute Gasteiger partial charge is 0.462 e. The molecule has 0 aliphatic rings. The van der Waals surface area contributed by atoms with Crippen LogP contribution >= 0.6 is 30.9 Å². The van der Waals surface area contributed by atoms with E-state index in [0.29, 0.717) is 12.2 Å². The summed E-state index contributed by atoms with van der Waals surface area (Å²) in [6.07, 6.45) is 37.1. The summed E-state index contributed by atoms with van der Waals surface area (Å²) in [6, 6.07) is 8.74. The number of hydrogen-bond acceptors (Lipinski definition) is 7. The third-order valence-corrected chi connectivity index (χ3v) is 13.5. The Balaban J connectivity index is 2.54. The van der Waals surface area contributed by atoms with Crippen LogP contribution < -0.4 is 4.52 Å². The monoisotopic (exact) mass is 904 g/mol. The maximum absolute atomic E-state index is 14.3. The molecule has 0 N–H and O–H groups in total. The fourth-order valence-corrected chi connectivity index (χ4v) is 9.82. The lowest BCUT2D eigenvalue weighted by molar-refractivity contribution is -0.161. The second-order valence-electron chi connectivity index (χ2n) is 16.7. The van der Waals surface area contributed by atoms with Crippen LogP contribution in [0.3, 0.4) is 0 Å². The van der Waals surface area contributed by atoms with Crippen LogP contribution in [0.5, 0.6) is 5.75 Å². The summed E-state index contributed by atoms with van der Waals surface area (Å²) in [4.78, 5) is 25.8. The molecular weight excluding hydrogens is 816 g/mol. The van der Waals surface area contributed by atoms with Crippen molar-refractivity contribution in [3.63, 3.8) is 0 Å². The van der Waals surface area contributed by atoms with E-state index in [4.69, 9.17) is 41.7 Å². The predicted octanol–water partition coefficient (Wildman–Crippen LogP) is 15.9. The highest BCUT2D eigenvalue weighted by Crippen LogP contribution is 2.52. The second kappa shape index (κ2) is 41.7. The molecule has 0 fully saturated rings. The van der Waals surface area contributed by atoms with E-state index in [1.807, 2.05) is 6.07 Å². The molecule has 60 heavy (non-hydrogen) atoms. The highest BCUT2D eigenvalue weighted by molar-refractivity contribution is 7.51. The Bertz CT molecular complexity index is 1160. The number of carbonyl (C=O) groups is 2. The first-order chi connectivity index (χ1) is 29.4. The van der Waals surface area contributed by atoms with Crippen molar-refractivity contribution in [3.05, 3.63) is 30.3 Å². The van der Waals surface area contributed by atoms with Gasteiger partial charge in [-0.2, -0.15) is 4.67 Å². The quantitative estimate of drug-likeness (QED) is 0.0277. The van der Waals surface area contributed by atoms with Crippen LogP contribution in [0, 0.1) is 0 Å². The first kappa shape index (κ1) is 56.7. The summed E-state index contributed by atoms with van der Waals surface area (Å²) in [5, 5.41) is 0. The van der Waals surface area contributed by atoms with Crippen molar-refractivity contribution >= 4 is 42.9 Å². The fraction of sp³-hybridized carbons (Fsp3) is 0.837. The average molecular weight is 905 g/mol. The number of nitrogens with zero attached hydrogens (tertiary/aromatic N) is 1. The molecule has 0 heterocycles. The van der Waals surface area contributed by atoms with Gasteiger partial charge < -0.3 is 14.0 Å². The predicted molar refractivity (Wildman–Crippen MR) is 254 cm³/mol. The van der Waals surface area contributed by atoms with Gasteiger partial charge in [-0.25, -0.2) is 4.57 Å². The maximum Gasteiger partial charge on any atom is 0.461 e. The van der Waals surface area contributed by atoms with Crippen molar-refractivity contribution in [1.29, 1.82) is 0 Å². The smallest absolute Gasteiger partial charge is 0.461 e. The topological polar surface area (TPSA) is 91.4 Å². The highest BCUT2D eigenvalue weighted by atomic mass is 35.5. The lowest BCUT2D eigenvalue weighted by Crippen LogP contribution is -2.33. The van der Waals surface area contributed by atoms with Gasteiger partial charge in [-0.15, -0.1) is 23.2 Å². The third kappa shape index (κ3) is 33.3. The molecule has 1 aromatic rings. The van der Waals surface area contributed by atoms with Gasteiger partial charge in [0.1, 0.15) is 12.4 Å². The van der Waals surface area contributed by atoms with Gasteiger partial charge in [-0.3, -0.25) is 14.1 Å². The molecule has 1 rings (SSSR count). The molecule has 0 aliphatic heterocycles. The van der Waals surface area contributed by atoms with Crippen molar-refractivity contribution in [2.24, 2.45) is 0 Å². The van der Waals surface area contributed by atoms with E-state index in [1.54, 1.807) is 24.3 Å². The number of halogens is 2.